The van der Waals surface area contributed by atoms with E-state index >= 15 is 0 Å². The van der Waals surface area contributed by atoms with E-state index in [2.05, 4.69) is 20.8 Å². The van der Waals surface area contributed by atoms with E-state index in [-0.39, 0.29) is 0 Å². The monoisotopic (exact) mass is 322 g/mol. The fraction of sp³-hybridized carbons (Fsp3) is 1.00. The average molecular weight is 323 g/mol. The summed E-state index contributed by atoms with van der Waals surface area (Å²) in [5.41, 5.74) is 0. The maximum Gasteiger partial charge on any atom is -0.0101 e. The molecule has 0 rings (SSSR count). The van der Waals surface area contributed by atoms with Crippen LogP contribution in [0.15, 0.2) is 0 Å². The van der Waals surface area contributed by atoms with Gasteiger partial charge in [-0.25, -0.2) is 0 Å². The third-order valence-corrected chi connectivity index (χ3v) is 8.54. The van der Waals surface area contributed by atoms with Crippen molar-refractivity contribution in [1.82, 2.24) is 0 Å². The molecule has 0 spiro atoms. The van der Waals surface area contributed by atoms with Gasteiger partial charge in [0.25, 0.3) is 0 Å². The molecule has 1 atom stereocenters. The van der Waals surface area contributed by atoms with E-state index in [1.807, 2.05) is 0 Å². The third kappa shape index (κ3) is 12.4. The Hall–Kier alpha value is 0.640. The van der Waals surface area contributed by atoms with Crippen LogP contribution in [0.4, 0.5) is 0 Å². The van der Waals surface area contributed by atoms with Gasteiger partial charge < -0.3 is 0 Å². The molecule has 0 aliphatic rings. The van der Waals surface area contributed by atoms with Gasteiger partial charge in [-0.1, -0.05) is 89.2 Å². The van der Waals surface area contributed by atoms with E-state index in [1.165, 1.54) is 94.3 Å². The Morgan fingerprint density at radius 1 is 0.500 bits per heavy atom. The van der Waals surface area contributed by atoms with Crippen LogP contribution in [0.5, 0.6) is 0 Å². The molecule has 0 heterocycles. The zero-order valence-corrected chi connectivity index (χ0v) is 16.0. The minimum atomic E-state index is -0.802. The van der Waals surface area contributed by atoms with Gasteiger partial charge in [0.15, 0.2) is 0 Å². The lowest BCUT2D eigenvalue weighted by molar-refractivity contribution is 0.626. The predicted octanol–water partition coefficient (Wildman–Crippen LogP) is 7.69. The number of rotatable bonds is 15. The highest BCUT2D eigenvalue weighted by molar-refractivity contribution is 8.51. The molecule has 0 aromatic heterocycles. The molecule has 0 amide bonds. The van der Waals surface area contributed by atoms with Crippen LogP contribution in [0.2, 0.25) is 0 Å². The second kappa shape index (κ2) is 14.6. The van der Waals surface area contributed by atoms with Crippen molar-refractivity contribution in [2.24, 2.45) is 0 Å². The number of halogens is 1. The molecule has 2 heteroatoms. The van der Waals surface area contributed by atoms with Crippen molar-refractivity contribution in [1.29, 1.82) is 0 Å². The molecular formula is C18H39ClS. The summed E-state index contributed by atoms with van der Waals surface area (Å²) in [7, 11) is 6.22. The van der Waals surface area contributed by atoms with Crippen molar-refractivity contribution < 1.29 is 0 Å². The zero-order valence-electron chi connectivity index (χ0n) is 14.4. The normalized spacial score (nSPS) is 16.0. The molecule has 0 fully saturated rings. The van der Waals surface area contributed by atoms with Crippen LogP contribution in [0.1, 0.15) is 97.8 Å². The van der Waals surface area contributed by atoms with Gasteiger partial charge in [-0.3, -0.25) is 0 Å². The SMILES string of the molecule is CCCCCCCCS(Cl)(CCCC)CCCCCC. The standard InChI is InChI=1S/C18H39ClS/c1-4-7-10-12-13-15-18-20(19,16-9-6-3)17-14-11-8-5-2/h4-18H2,1-3H3. The molecule has 124 valence electrons. The Morgan fingerprint density at radius 2 is 0.850 bits per heavy atom. The van der Waals surface area contributed by atoms with Crippen molar-refractivity contribution in [3.63, 3.8) is 0 Å². The van der Waals surface area contributed by atoms with E-state index in [9.17, 15) is 0 Å². The molecule has 0 bridgehead atoms. The first-order valence-electron chi connectivity index (χ1n) is 9.14. The van der Waals surface area contributed by atoms with E-state index in [0.29, 0.717) is 0 Å². The second-order valence-electron chi connectivity index (χ2n) is 6.23. The topological polar surface area (TPSA) is 0 Å². The molecule has 1 unspecified atom stereocenters. The van der Waals surface area contributed by atoms with Gasteiger partial charge in [0.1, 0.15) is 0 Å². The summed E-state index contributed by atoms with van der Waals surface area (Å²) < 4.78 is 0. The Morgan fingerprint density at radius 3 is 1.35 bits per heavy atom. The Kier molecular flexibility index (Phi) is 15.0. The molecule has 0 aliphatic carbocycles. The van der Waals surface area contributed by atoms with Gasteiger partial charge in [-0.2, -0.15) is 9.24 Å². The first-order valence-corrected chi connectivity index (χ1v) is 12.1. The molecule has 0 radical (unpaired) electrons. The van der Waals surface area contributed by atoms with Gasteiger partial charge in [-0.15, -0.1) is 0 Å². The summed E-state index contributed by atoms with van der Waals surface area (Å²) in [6, 6.07) is 0. The lowest BCUT2D eigenvalue weighted by Crippen LogP contribution is -2.08. The third-order valence-electron chi connectivity index (χ3n) is 4.09. The van der Waals surface area contributed by atoms with Crippen LogP contribution in [0, 0.1) is 0 Å². The molecule has 0 nitrogen and oxygen atoms in total. The highest BCUT2D eigenvalue weighted by Crippen LogP contribution is 2.55. The summed E-state index contributed by atoms with van der Waals surface area (Å²) in [5.74, 6) is 3.96. The molecule has 20 heavy (non-hydrogen) atoms. The van der Waals surface area contributed by atoms with Crippen molar-refractivity contribution in [3.05, 3.63) is 0 Å². The van der Waals surface area contributed by atoms with Gasteiger partial charge in [0, 0.05) is 0 Å². The Bertz CT molecular complexity index is 196. The molecule has 0 N–H and O–H groups in total. The average Bonchev–Trinajstić information content (AvgIpc) is 2.45. The van der Waals surface area contributed by atoms with Crippen LogP contribution in [0.25, 0.3) is 0 Å². The van der Waals surface area contributed by atoms with Crippen LogP contribution in [-0.2, 0) is 0 Å². The van der Waals surface area contributed by atoms with E-state index < -0.39 is 9.24 Å². The first-order chi connectivity index (χ1) is 9.68. The van der Waals surface area contributed by atoms with Crippen LogP contribution >= 0.6 is 19.9 Å². The van der Waals surface area contributed by atoms with Gasteiger partial charge in [0.2, 0.25) is 0 Å². The quantitative estimate of drug-likeness (QED) is 0.271. The summed E-state index contributed by atoms with van der Waals surface area (Å²) in [5, 5.41) is 0. The zero-order chi connectivity index (χ0) is 15.1. The minimum Gasteiger partial charge on any atom is -0.163 e. The van der Waals surface area contributed by atoms with Gasteiger partial charge in [-0.05, 0) is 36.5 Å². The maximum absolute atomic E-state index is 7.02. The smallest absolute Gasteiger partial charge is 0.0101 e. The maximum atomic E-state index is 7.02. The van der Waals surface area contributed by atoms with Crippen molar-refractivity contribution in [2.45, 2.75) is 97.8 Å². The minimum absolute atomic E-state index is 0.802. The lowest BCUT2D eigenvalue weighted by Gasteiger charge is -2.33. The fourth-order valence-electron chi connectivity index (χ4n) is 2.64. The van der Waals surface area contributed by atoms with Crippen molar-refractivity contribution in [2.75, 3.05) is 17.3 Å². The van der Waals surface area contributed by atoms with Crippen LogP contribution < -0.4 is 0 Å². The molecule has 0 saturated heterocycles. The molecule has 0 aromatic carbocycles. The van der Waals surface area contributed by atoms with Crippen molar-refractivity contribution >= 4 is 19.9 Å². The molecular weight excluding hydrogens is 284 g/mol. The Labute approximate surface area is 135 Å². The summed E-state index contributed by atoms with van der Waals surface area (Å²) in [6.07, 6.45) is 16.5. The van der Waals surface area contributed by atoms with E-state index in [0.717, 1.165) is 0 Å². The van der Waals surface area contributed by atoms with Gasteiger partial charge >= 0.3 is 0 Å². The summed E-state index contributed by atoms with van der Waals surface area (Å²) in [6.45, 7) is 6.86. The summed E-state index contributed by atoms with van der Waals surface area (Å²) >= 11 is 0. The Balaban J connectivity index is 3.85. The largest absolute Gasteiger partial charge is 0.163 e. The lowest BCUT2D eigenvalue weighted by atomic mass is 10.1. The number of unbranched alkanes of at least 4 members (excludes halogenated alkanes) is 9. The second-order valence-corrected chi connectivity index (χ2v) is 11.3. The molecule has 0 aromatic rings. The van der Waals surface area contributed by atoms with Gasteiger partial charge in [0.05, 0.1) is 0 Å². The van der Waals surface area contributed by atoms with Crippen molar-refractivity contribution in [3.8, 4) is 0 Å². The summed E-state index contributed by atoms with van der Waals surface area (Å²) in [4.78, 5) is 0. The molecule has 0 aliphatic heterocycles. The molecule has 0 saturated carbocycles. The van der Waals surface area contributed by atoms with Crippen LogP contribution in [0.3, 0.4) is 0 Å². The van der Waals surface area contributed by atoms with E-state index in [4.69, 9.17) is 10.7 Å². The number of hydrogen-bond donors (Lipinski definition) is 0. The number of hydrogen-bond acceptors (Lipinski definition) is 0. The first kappa shape index (κ1) is 20.6. The highest BCUT2D eigenvalue weighted by atomic mass is 35.7. The van der Waals surface area contributed by atoms with Crippen LogP contribution in [-0.4, -0.2) is 17.3 Å². The predicted molar refractivity (Wildman–Crippen MR) is 100 cm³/mol. The van der Waals surface area contributed by atoms with E-state index in [1.54, 1.807) is 0 Å². The highest BCUT2D eigenvalue weighted by Gasteiger charge is 2.19. The fourth-order valence-corrected chi connectivity index (χ4v) is 6.48.